The first-order chi connectivity index (χ1) is 19.4. The van der Waals surface area contributed by atoms with E-state index >= 15 is 0 Å². The number of aryl methyl sites for hydroxylation is 1. The molecule has 210 valence electrons. The zero-order valence-corrected chi connectivity index (χ0v) is 23.0. The summed E-state index contributed by atoms with van der Waals surface area (Å²) in [4.78, 5) is 15.2. The second-order valence-corrected chi connectivity index (χ2v) is 12.6. The van der Waals surface area contributed by atoms with Crippen LogP contribution in [0.2, 0.25) is 0 Å². The number of halogens is 1. The minimum atomic E-state index is -3.93. The number of piperidine rings is 1. The van der Waals surface area contributed by atoms with Crippen molar-refractivity contribution in [1.82, 2.24) is 29.5 Å². The van der Waals surface area contributed by atoms with Crippen LogP contribution in [0, 0.1) is 0 Å². The molecule has 40 heavy (non-hydrogen) atoms. The second kappa shape index (κ2) is 11.1. The molecule has 1 fully saturated rings. The van der Waals surface area contributed by atoms with E-state index in [2.05, 4.69) is 38.7 Å². The molecule has 3 aliphatic rings. The number of carbonyl (C=O) groups excluding carboxylic acids is 1. The van der Waals surface area contributed by atoms with Gasteiger partial charge in [-0.25, -0.2) is 17.5 Å². The van der Waals surface area contributed by atoms with Gasteiger partial charge in [-0.2, -0.15) is 0 Å². The normalized spacial score (nSPS) is 22.2. The Morgan fingerprint density at radius 2 is 1.85 bits per heavy atom. The molecular weight excluding hydrogens is 531 g/mol. The van der Waals surface area contributed by atoms with E-state index in [1.807, 2.05) is 10.9 Å². The van der Waals surface area contributed by atoms with Crippen molar-refractivity contribution in [2.24, 2.45) is 0 Å². The molecule has 11 heteroatoms. The van der Waals surface area contributed by atoms with E-state index in [-0.39, 0.29) is 17.4 Å². The number of fused-ring (bicyclic) bond motifs is 1. The zero-order valence-electron chi connectivity index (χ0n) is 22.2. The summed E-state index contributed by atoms with van der Waals surface area (Å²) in [5.41, 5.74) is 4.29. The van der Waals surface area contributed by atoms with E-state index in [1.54, 1.807) is 18.2 Å². The number of hydrogen-bond donors (Lipinski definition) is 1. The molecule has 2 aliphatic heterocycles. The van der Waals surface area contributed by atoms with Crippen LogP contribution < -0.4 is 5.32 Å². The predicted molar refractivity (Wildman–Crippen MR) is 147 cm³/mol. The number of sulfonamides is 1. The van der Waals surface area contributed by atoms with Crippen LogP contribution in [0.5, 0.6) is 0 Å². The fourth-order valence-electron chi connectivity index (χ4n) is 5.94. The summed E-state index contributed by atoms with van der Waals surface area (Å²) in [6, 6.07) is 13.7. The summed E-state index contributed by atoms with van der Waals surface area (Å²) >= 11 is 0. The maximum atomic E-state index is 13.5. The molecule has 0 unspecified atom stereocenters. The average molecular weight is 565 g/mol. The molecule has 0 spiro atoms. The topological polar surface area (TPSA) is 100 Å². The van der Waals surface area contributed by atoms with E-state index < -0.39 is 28.1 Å². The molecule has 2 atom stereocenters. The van der Waals surface area contributed by atoms with Crippen molar-refractivity contribution in [3.8, 4) is 0 Å². The molecule has 9 nitrogen and oxygen atoms in total. The number of likely N-dealkylation sites (tertiary alicyclic amines) is 1. The molecule has 6 rings (SSSR count). The van der Waals surface area contributed by atoms with Gasteiger partial charge in [0, 0.05) is 44.7 Å². The maximum Gasteiger partial charge on any atom is 0.264 e. The molecule has 2 aromatic carbocycles. The van der Waals surface area contributed by atoms with E-state index in [0.29, 0.717) is 18.5 Å². The highest BCUT2D eigenvalue weighted by atomic mass is 32.2. The Morgan fingerprint density at radius 3 is 2.65 bits per heavy atom. The molecule has 3 aromatic rings. The van der Waals surface area contributed by atoms with E-state index in [4.69, 9.17) is 0 Å². The lowest BCUT2D eigenvalue weighted by atomic mass is 9.86. The number of nitrogens with one attached hydrogen (secondary N) is 1. The Kier molecular flexibility index (Phi) is 7.41. The van der Waals surface area contributed by atoms with Crippen LogP contribution in [0.25, 0.3) is 0 Å². The van der Waals surface area contributed by atoms with Crippen molar-refractivity contribution < 1.29 is 17.6 Å². The van der Waals surface area contributed by atoms with Crippen molar-refractivity contribution in [3.63, 3.8) is 0 Å². The van der Waals surface area contributed by atoms with Crippen molar-refractivity contribution >= 4 is 15.9 Å². The maximum absolute atomic E-state index is 13.5. The SMILES string of the molecule is O=C1NC=CN(S(=O)(=O)c2ccccc2)[C@@H]1Cc1cn([C@H]2CCCc3cc(CN4CCC(F)CC4)ccc32)nn1. The molecule has 0 saturated carbocycles. The number of alkyl halides is 1. The van der Waals surface area contributed by atoms with Gasteiger partial charge in [0.1, 0.15) is 12.2 Å². The standard InChI is InChI=1S/C29H33FN6O3S/c30-23-11-14-34(15-12-23)19-21-9-10-26-22(17-21)5-4-8-27(26)35-20-24(32-33-35)18-28-29(37)31-13-16-36(28)40(38,39)25-6-2-1-3-7-25/h1-3,6-7,9-10,13,16-17,20,23,27-28H,4-5,8,11-12,14-15,18-19H2,(H,31,37)/t27-,28+/m0/s1. The highest BCUT2D eigenvalue weighted by Crippen LogP contribution is 2.34. The molecular formula is C29H33FN6O3S. The van der Waals surface area contributed by atoms with Gasteiger partial charge in [0.05, 0.1) is 16.6 Å². The number of benzene rings is 2. The lowest BCUT2D eigenvalue weighted by molar-refractivity contribution is -0.124. The number of amides is 1. The third-order valence-corrected chi connectivity index (χ3v) is 9.87. The lowest BCUT2D eigenvalue weighted by Crippen LogP contribution is -2.50. The van der Waals surface area contributed by atoms with Crippen LogP contribution in [0.3, 0.4) is 0 Å². The van der Waals surface area contributed by atoms with Gasteiger partial charge in [-0.05, 0) is 60.9 Å². The van der Waals surface area contributed by atoms with Gasteiger partial charge < -0.3 is 5.32 Å². The Bertz CT molecular complexity index is 1500. The quantitative estimate of drug-likeness (QED) is 0.473. The number of carbonyl (C=O) groups is 1. The van der Waals surface area contributed by atoms with Gasteiger partial charge in [-0.3, -0.25) is 14.0 Å². The van der Waals surface area contributed by atoms with E-state index in [9.17, 15) is 17.6 Å². The first-order valence-electron chi connectivity index (χ1n) is 13.8. The highest BCUT2D eigenvalue weighted by Gasteiger charge is 2.36. The van der Waals surface area contributed by atoms with Crippen molar-refractivity contribution in [2.45, 2.75) is 68.2 Å². The van der Waals surface area contributed by atoms with Gasteiger partial charge in [0.15, 0.2) is 0 Å². The fraction of sp³-hybridized carbons (Fsp3) is 0.414. The summed E-state index contributed by atoms with van der Waals surface area (Å²) in [6.45, 7) is 2.42. The van der Waals surface area contributed by atoms with Crippen molar-refractivity contribution in [3.05, 3.63) is 89.5 Å². The van der Waals surface area contributed by atoms with Crippen LogP contribution in [-0.4, -0.2) is 63.8 Å². The minimum absolute atomic E-state index is 0.0190. The molecule has 1 aromatic heterocycles. The first-order valence-corrected chi connectivity index (χ1v) is 15.3. The Morgan fingerprint density at radius 1 is 1.05 bits per heavy atom. The van der Waals surface area contributed by atoms with Gasteiger partial charge >= 0.3 is 0 Å². The summed E-state index contributed by atoms with van der Waals surface area (Å²) < 4.78 is 43.1. The predicted octanol–water partition coefficient (Wildman–Crippen LogP) is 3.34. The summed E-state index contributed by atoms with van der Waals surface area (Å²) in [7, 11) is -3.93. The molecule has 1 amide bonds. The number of nitrogens with zero attached hydrogens (tertiary/aromatic N) is 5. The summed E-state index contributed by atoms with van der Waals surface area (Å²) in [5, 5.41) is 11.4. The van der Waals surface area contributed by atoms with Crippen molar-refractivity contribution in [1.29, 1.82) is 0 Å². The smallest absolute Gasteiger partial charge is 0.264 e. The molecule has 1 N–H and O–H groups in total. The molecule has 1 aliphatic carbocycles. The fourth-order valence-corrected chi connectivity index (χ4v) is 7.41. The molecule has 0 radical (unpaired) electrons. The lowest BCUT2D eigenvalue weighted by Gasteiger charge is -2.31. The number of aromatic nitrogens is 3. The monoisotopic (exact) mass is 564 g/mol. The molecule has 3 heterocycles. The van der Waals surface area contributed by atoms with Gasteiger partial charge in [-0.15, -0.1) is 5.10 Å². The molecule has 0 bridgehead atoms. The van der Waals surface area contributed by atoms with E-state index in [0.717, 1.165) is 43.2 Å². The van der Waals surface area contributed by atoms with Crippen LogP contribution in [0.15, 0.2) is 72.0 Å². The van der Waals surface area contributed by atoms with Crippen LogP contribution in [-0.2, 0) is 34.2 Å². The van der Waals surface area contributed by atoms with Gasteiger partial charge in [0.2, 0.25) is 5.91 Å². The highest BCUT2D eigenvalue weighted by molar-refractivity contribution is 7.89. The van der Waals surface area contributed by atoms with Crippen molar-refractivity contribution in [2.75, 3.05) is 13.1 Å². The van der Waals surface area contributed by atoms with Crippen LogP contribution in [0.4, 0.5) is 4.39 Å². The molecule has 1 saturated heterocycles. The first kappa shape index (κ1) is 26.6. The largest absolute Gasteiger partial charge is 0.329 e. The van der Waals surface area contributed by atoms with Crippen LogP contribution in [0.1, 0.15) is 54.1 Å². The Balaban J connectivity index is 1.19. The summed E-state index contributed by atoms with van der Waals surface area (Å²) in [6.07, 6.45) is 8.11. The minimum Gasteiger partial charge on any atom is -0.329 e. The van der Waals surface area contributed by atoms with Crippen LogP contribution >= 0.6 is 0 Å². The second-order valence-electron chi connectivity index (χ2n) is 10.8. The van der Waals surface area contributed by atoms with Gasteiger partial charge in [0.25, 0.3) is 10.0 Å². The third kappa shape index (κ3) is 5.40. The third-order valence-electron chi connectivity index (χ3n) is 8.07. The van der Waals surface area contributed by atoms with Gasteiger partial charge in [-0.1, -0.05) is 41.6 Å². The van der Waals surface area contributed by atoms with E-state index in [1.165, 1.54) is 41.2 Å². The summed E-state index contributed by atoms with van der Waals surface area (Å²) in [5.74, 6) is -0.414. The zero-order chi connectivity index (χ0) is 27.7. The number of hydrogen-bond acceptors (Lipinski definition) is 6. The Hall–Kier alpha value is -3.57. The number of rotatable bonds is 7. The Labute approximate surface area is 233 Å². The average Bonchev–Trinajstić information content (AvgIpc) is 3.44.